The lowest BCUT2D eigenvalue weighted by Gasteiger charge is -2.07. The minimum atomic E-state index is 0.820. The number of rotatable bonds is 7. The molecule has 1 heterocycles. The van der Waals surface area contributed by atoms with Gasteiger partial charge in [0, 0.05) is 25.9 Å². The second kappa shape index (κ2) is 7.61. The first-order chi connectivity index (χ1) is 9.70. The van der Waals surface area contributed by atoms with E-state index in [1.54, 1.807) is 23.6 Å². The predicted octanol–water partition coefficient (Wildman–Crippen LogP) is 1.86. The molecule has 20 heavy (non-hydrogen) atoms. The van der Waals surface area contributed by atoms with E-state index in [4.69, 9.17) is 4.74 Å². The van der Waals surface area contributed by atoms with Crippen LogP contribution in [0.5, 0.6) is 5.75 Å². The molecular formula is C12H16BrN5OS. The molecule has 2 rings (SSSR count). The van der Waals surface area contributed by atoms with Crippen LogP contribution in [0.1, 0.15) is 5.56 Å². The van der Waals surface area contributed by atoms with Crippen LogP contribution in [0, 0.1) is 0 Å². The van der Waals surface area contributed by atoms with Gasteiger partial charge < -0.3 is 10.1 Å². The first-order valence-corrected chi connectivity index (χ1v) is 7.87. The van der Waals surface area contributed by atoms with Gasteiger partial charge in [-0.25, -0.2) is 4.68 Å². The number of nitrogens with zero attached hydrogens (tertiary/aromatic N) is 4. The molecule has 0 aliphatic carbocycles. The number of hydrogen-bond donors (Lipinski definition) is 1. The summed E-state index contributed by atoms with van der Waals surface area (Å²) in [4.78, 5) is 0. The Balaban J connectivity index is 1.71. The van der Waals surface area contributed by atoms with Crippen molar-refractivity contribution in [1.29, 1.82) is 0 Å². The summed E-state index contributed by atoms with van der Waals surface area (Å²) >= 11 is 5.12. The van der Waals surface area contributed by atoms with Crippen molar-refractivity contribution in [3.63, 3.8) is 0 Å². The maximum atomic E-state index is 5.20. The molecule has 0 atom stereocenters. The second-order valence-electron chi connectivity index (χ2n) is 4.08. The Bertz CT molecular complexity index is 563. The molecule has 0 bridgehead atoms. The number of methoxy groups -OCH3 is 1. The first-order valence-electron chi connectivity index (χ1n) is 6.09. The van der Waals surface area contributed by atoms with Crippen molar-refractivity contribution in [3.8, 4) is 5.75 Å². The van der Waals surface area contributed by atoms with Crippen LogP contribution < -0.4 is 10.1 Å². The van der Waals surface area contributed by atoms with Crippen LogP contribution in [0.2, 0.25) is 0 Å². The SMILES string of the molecule is COc1ccc(CNCCSc2nnnn2C)cc1Br. The molecular weight excluding hydrogens is 342 g/mol. The van der Waals surface area contributed by atoms with Crippen molar-refractivity contribution in [2.45, 2.75) is 11.7 Å². The second-order valence-corrected chi connectivity index (χ2v) is 6.00. The Morgan fingerprint density at radius 2 is 2.30 bits per heavy atom. The van der Waals surface area contributed by atoms with Crippen molar-refractivity contribution in [1.82, 2.24) is 25.5 Å². The van der Waals surface area contributed by atoms with Gasteiger partial charge in [-0.1, -0.05) is 17.8 Å². The summed E-state index contributed by atoms with van der Waals surface area (Å²) in [6.45, 7) is 1.71. The van der Waals surface area contributed by atoms with Gasteiger partial charge in [0.1, 0.15) is 5.75 Å². The summed E-state index contributed by atoms with van der Waals surface area (Å²) in [7, 11) is 3.50. The monoisotopic (exact) mass is 357 g/mol. The topological polar surface area (TPSA) is 64.9 Å². The summed E-state index contributed by atoms with van der Waals surface area (Å²) in [5.74, 6) is 1.77. The molecule has 0 saturated heterocycles. The Hall–Kier alpha value is -1.12. The lowest BCUT2D eigenvalue weighted by molar-refractivity contribution is 0.412. The standard InChI is InChI=1S/C12H16BrN5OS/c1-18-12(15-16-17-18)20-6-5-14-8-9-3-4-11(19-2)10(13)7-9/h3-4,7,14H,5-6,8H2,1-2H3. The lowest BCUT2D eigenvalue weighted by Crippen LogP contribution is -2.16. The number of thioether (sulfide) groups is 1. The van der Waals surface area contributed by atoms with Gasteiger partial charge in [0.2, 0.25) is 5.16 Å². The van der Waals surface area contributed by atoms with Crippen molar-refractivity contribution in [2.75, 3.05) is 19.4 Å². The molecule has 0 unspecified atom stereocenters. The van der Waals surface area contributed by atoms with Gasteiger partial charge in [0.25, 0.3) is 0 Å². The summed E-state index contributed by atoms with van der Waals surface area (Å²) in [6.07, 6.45) is 0. The summed E-state index contributed by atoms with van der Waals surface area (Å²) in [5, 5.41) is 15.5. The van der Waals surface area contributed by atoms with Gasteiger partial charge in [0.15, 0.2) is 0 Å². The number of nitrogens with one attached hydrogen (secondary N) is 1. The third-order valence-electron chi connectivity index (χ3n) is 2.64. The van der Waals surface area contributed by atoms with E-state index in [2.05, 4.69) is 48.9 Å². The van der Waals surface area contributed by atoms with Gasteiger partial charge in [-0.2, -0.15) is 0 Å². The quantitative estimate of drug-likeness (QED) is 0.602. The number of ether oxygens (including phenoxy) is 1. The van der Waals surface area contributed by atoms with Gasteiger partial charge in [-0.05, 0) is 44.1 Å². The van der Waals surface area contributed by atoms with Crippen LogP contribution in [-0.4, -0.2) is 39.6 Å². The summed E-state index contributed by atoms with van der Waals surface area (Å²) in [6, 6.07) is 6.07. The normalized spacial score (nSPS) is 10.8. The van der Waals surface area contributed by atoms with Crippen LogP contribution in [0.25, 0.3) is 0 Å². The Morgan fingerprint density at radius 1 is 1.45 bits per heavy atom. The molecule has 0 amide bonds. The molecule has 0 saturated carbocycles. The average Bonchev–Trinajstić information content (AvgIpc) is 2.84. The zero-order chi connectivity index (χ0) is 14.4. The maximum Gasteiger partial charge on any atom is 0.209 e. The van der Waals surface area contributed by atoms with Gasteiger partial charge in [-0.15, -0.1) is 5.10 Å². The number of aryl methyl sites for hydroxylation is 1. The van der Waals surface area contributed by atoms with Crippen LogP contribution in [0.15, 0.2) is 27.8 Å². The molecule has 1 N–H and O–H groups in total. The Labute approximate surface area is 130 Å². The molecule has 108 valence electrons. The van der Waals surface area contributed by atoms with Gasteiger partial charge in [-0.3, -0.25) is 0 Å². The highest BCUT2D eigenvalue weighted by Gasteiger charge is 2.03. The maximum absolute atomic E-state index is 5.20. The highest BCUT2D eigenvalue weighted by atomic mass is 79.9. The number of benzene rings is 1. The zero-order valence-corrected chi connectivity index (χ0v) is 13.7. The fourth-order valence-corrected chi connectivity index (χ4v) is 2.95. The molecule has 2 aromatic rings. The largest absolute Gasteiger partial charge is 0.496 e. The fraction of sp³-hybridized carbons (Fsp3) is 0.417. The highest BCUT2D eigenvalue weighted by molar-refractivity contribution is 9.10. The van der Waals surface area contributed by atoms with Gasteiger partial charge in [0.05, 0.1) is 11.6 Å². The number of halogens is 1. The van der Waals surface area contributed by atoms with Crippen molar-refractivity contribution in [2.24, 2.45) is 7.05 Å². The van der Waals surface area contributed by atoms with Crippen molar-refractivity contribution < 1.29 is 4.74 Å². The molecule has 1 aromatic heterocycles. The number of hydrogen-bond acceptors (Lipinski definition) is 6. The molecule has 0 spiro atoms. The Morgan fingerprint density at radius 3 is 2.95 bits per heavy atom. The molecule has 0 aliphatic rings. The van der Waals surface area contributed by atoms with Crippen LogP contribution >= 0.6 is 27.7 Å². The van der Waals surface area contributed by atoms with E-state index in [0.717, 1.165) is 34.2 Å². The number of aromatic nitrogens is 4. The average molecular weight is 358 g/mol. The smallest absolute Gasteiger partial charge is 0.209 e. The number of tetrazole rings is 1. The summed E-state index contributed by atoms with van der Waals surface area (Å²) < 4.78 is 7.85. The minimum Gasteiger partial charge on any atom is -0.496 e. The van der Waals surface area contributed by atoms with E-state index < -0.39 is 0 Å². The molecule has 0 aliphatic heterocycles. The van der Waals surface area contributed by atoms with E-state index in [1.807, 2.05) is 13.1 Å². The van der Waals surface area contributed by atoms with E-state index in [1.165, 1.54) is 5.56 Å². The van der Waals surface area contributed by atoms with E-state index >= 15 is 0 Å². The van der Waals surface area contributed by atoms with Gasteiger partial charge >= 0.3 is 0 Å². The molecule has 0 radical (unpaired) electrons. The third-order valence-corrected chi connectivity index (χ3v) is 4.27. The van der Waals surface area contributed by atoms with Crippen LogP contribution in [0.4, 0.5) is 0 Å². The summed E-state index contributed by atoms with van der Waals surface area (Å²) in [5.41, 5.74) is 1.21. The van der Waals surface area contributed by atoms with Crippen molar-refractivity contribution >= 4 is 27.7 Å². The third kappa shape index (κ3) is 4.19. The van der Waals surface area contributed by atoms with E-state index in [9.17, 15) is 0 Å². The zero-order valence-electron chi connectivity index (χ0n) is 11.3. The lowest BCUT2D eigenvalue weighted by atomic mass is 10.2. The van der Waals surface area contributed by atoms with Crippen LogP contribution in [0.3, 0.4) is 0 Å². The molecule has 6 nitrogen and oxygen atoms in total. The molecule has 0 fully saturated rings. The van der Waals surface area contributed by atoms with E-state index in [0.29, 0.717) is 0 Å². The Kier molecular flexibility index (Phi) is 5.81. The van der Waals surface area contributed by atoms with Crippen molar-refractivity contribution in [3.05, 3.63) is 28.2 Å². The van der Waals surface area contributed by atoms with Crippen LogP contribution in [-0.2, 0) is 13.6 Å². The fourth-order valence-electron chi connectivity index (χ4n) is 1.61. The predicted molar refractivity (Wildman–Crippen MR) is 81.9 cm³/mol. The first kappa shape index (κ1) is 15.3. The molecule has 8 heteroatoms. The highest BCUT2D eigenvalue weighted by Crippen LogP contribution is 2.25. The minimum absolute atomic E-state index is 0.820. The molecule has 1 aromatic carbocycles. The van der Waals surface area contributed by atoms with E-state index in [-0.39, 0.29) is 0 Å².